The van der Waals surface area contributed by atoms with Gasteiger partial charge in [-0.15, -0.1) is 0 Å². The highest BCUT2D eigenvalue weighted by Gasteiger charge is 2.26. The fraction of sp³-hybridized carbons (Fsp3) is 0.269. The van der Waals surface area contributed by atoms with E-state index in [1.54, 1.807) is 11.0 Å². The second-order valence-electron chi connectivity index (χ2n) is 8.44. The van der Waals surface area contributed by atoms with Crippen LogP contribution in [0.5, 0.6) is 5.75 Å². The van der Waals surface area contributed by atoms with Crippen LogP contribution in [-0.2, 0) is 10.0 Å². The lowest BCUT2D eigenvalue weighted by Crippen LogP contribution is -2.41. The summed E-state index contributed by atoms with van der Waals surface area (Å²) in [4.78, 5) is 14.6. The van der Waals surface area contributed by atoms with Gasteiger partial charge in [0, 0.05) is 31.5 Å². The third kappa shape index (κ3) is 5.22. The molecule has 0 radical (unpaired) electrons. The number of carbonyl (C=O) groups is 1. The predicted molar refractivity (Wildman–Crippen MR) is 129 cm³/mol. The van der Waals surface area contributed by atoms with Crippen LogP contribution in [0, 0.1) is 19.7 Å². The van der Waals surface area contributed by atoms with Crippen LogP contribution in [0.25, 0.3) is 0 Å². The highest BCUT2D eigenvalue weighted by molar-refractivity contribution is 7.92. The first-order valence-electron chi connectivity index (χ1n) is 11.1. The van der Waals surface area contributed by atoms with E-state index in [1.807, 2.05) is 32.0 Å². The summed E-state index contributed by atoms with van der Waals surface area (Å²) >= 11 is 0. The fourth-order valence-corrected chi connectivity index (χ4v) is 5.10. The Bertz CT molecular complexity index is 1260. The van der Waals surface area contributed by atoms with E-state index in [0.29, 0.717) is 18.7 Å². The molecule has 0 aromatic heterocycles. The van der Waals surface area contributed by atoms with E-state index in [2.05, 4.69) is 4.72 Å². The number of halogens is 1. The minimum atomic E-state index is -3.98. The Balaban J connectivity index is 1.37. The number of para-hydroxylation sites is 2. The van der Waals surface area contributed by atoms with Gasteiger partial charge >= 0.3 is 0 Å². The van der Waals surface area contributed by atoms with Crippen LogP contribution >= 0.6 is 0 Å². The number of aryl methyl sites for hydroxylation is 2. The molecule has 0 atom stereocenters. The van der Waals surface area contributed by atoms with E-state index in [0.717, 1.165) is 29.7 Å². The Morgan fingerprint density at radius 1 is 0.941 bits per heavy atom. The molecule has 1 fully saturated rings. The second kappa shape index (κ2) is 9.85. The van der Waals surface area contributed by atoms with Gasteiger partial charge in [0.2, 0.25) is 0 Å². The first-order valence-corrected chi connectivity index (χ1v) is 12.6. The highest BCUT2D eigenvalue weighted by Crippen LogP contribution is 2.27. The number of rotatable bonds is 6. The summed E-state index contributed by atoms with van der Waals surface area (Å²) < 4.78 is 47.4. The highest BCUT2D eigenvalue weighted by atomic mass is 32.2. The number of ether oxygens (including phenoxy) is 1. The average molecular weight is 483 g/mol. The van der Waals surface area contributed by atoms with E-state index in [1.165, 1.54) is 42.5 Å². The number of hydrogen-bond donors (Lipinski definition) is 1. The Kier molecular flexibility index (Phi) is 6.88. The normalized spacial score (nSPS) is 14.6. The molecule has 1 aliphatic heterocycles. The molecule has 178 valence electrons. The van der Waals surface area contributed by atoms with Gasteiger partial charge in [-0.25, -0.2) is 12.8 Å². The average Bonchev–Trinajstić information content (AvgIpc) is 2.83. The lowest BCUT2D eigenvalue weighted by molar-refractivity contribution is 0.0593. The maximum absolute atomic E-state index is 13.8. The molecule has 0 spiro atoms. The molecular formula is C26H27FN2O4S. The van der Waals surface area contributed by atoms with E-state index < -0.39 is 15.8 Å². The van der Waals surface area contributed by atoms with Crippen LogP contribution < -0.4 is 9.46 Å². The third-order valence-electron chi connectivity index (χ3n) is 5.95. The van der Waals surface area contributed by atoms with Crippen molar-refractivity contribution in [3.8, 4) is 5.75 Å². The molecule has 0 unspecified atom stereocenters. The molecule has 1 aliphatic rings. The van der Waals surface area contributed by atoms with Crippen molar-refractivity contribution >= 4 is 21.6 Å². The van der Waals surface area contributed by atoms with Gasteiger partial charge in [-0.2, -0.15) is 0 Å². The molecule has 4 rings (SSSR count). The van der Waals surface area contributed by atoms with Crippen LogP contribution in [0.1, 0.15) is 34.3 Å². The zero-order valence-corrected chi connectivity index (χ0v) is 19.9. The zero-order valence-electron chi connectivity index (χ0n) is 19.1. The van der Waals surface area contributed by atoms with Gasteiger partial charge in [-0.05, 0) is 61.4 Å². The maximum atomic E-state index is 13.8. The quantitative estimate of drug-likeness (QED) is 0.541. The van der Waals surface area contributed by atoms with Crippen LogP contribution in [0.15, 0.2) is 71.6 Å². The minimum Gasteiger partial charge on any atom is -0.490 e. The van der Waals surface area contributed by atoms with Crippen molar-refractivity contribution in [1.82, 2.24) is 4.90 Å². The van der Waals surface area contributed by atoms with Gasteiger partial charge in [0.25, 0.3) is 15.9 Å². The molecule has 6 nitrogen and oxygen atoms in total. The summed E-state index contributed by atoms with van der Waals surface area (Å²) in [5.41, 5.74) is 2.46. The molecule has 3 aromatic carbocycles. The molecule has 34 heavy (non-hydrogen) atoms. The molecule has 1 saturated heterocycles. The largest absolute Gasteiger partial charge is 0.490 e. The Hall–Kier alpha value is -3.39. The number of amides is 1. The molecule has 1 N–H and O–H groups in total. The molecular weight excluding hydrogens is 455 g/mol. The van der Waals surface area contributed by atoms with Crippen molar-refractivity contribution < 1.29 is 22.3 Å². The molecule has 1 amide bonds. The summed E-state index contributed by atoms with van der Waals surface area (Å²) in [7, 11) is -3.98. The topological polar surface area (TPSA) is 75.7 Å². The van der Waals surface area contributed by atoms with Gasteiger partial charge in [-0.1, -0.05) is 30.3 Å². The number of sulfonamides is 1. The molecule has 0 bridgehead atoms. The van der Waals surface area contributed by atoms with Crippen molar-refractivity contribution in [2.75, 3.05) is 17.8 Å². The standard InChI is InChI=1S/C26H27FN2O4S/c1-18-6-5-7-19(2)25(18)33-21-14-16-29(17-15-21)26(30)20-10-12-22(13-11-20)34(31,32)28-24-9-4-3-8-23(24)27/h3-13,21,28H,14-17H2,1-2H3. The SMILES string of the molecule is Cc1cccc(C)c1OC1CCN(C(=O)c2ccc(S(=O)(=O)Nc3ccccc3F)cc2)CC1. The van der Waals surface area contributed by atoms with Gasteiger partial charge in [0.15, 0.2) is 0 Å². The lowest BCUT2D eigenvalue weighted by atomic mass is 10.1. The van der Waals surface area contributed by atoms with Crippen LogP contribution in [0.3, 0.4) is 0 Å². The Morgan fingerprint density at radius 2 is 1.56 bits per heavy atom. The summed E-state index contributed by atoms with van der Waals surface area (Å²) in [6.45, 7) is 5.17. The molecule has 8 heteroatoms. The first kappa shape index (κ1) is 23.8. The monoisotopic (exact) mass is 482 g/mol. The van der Waals surface area contributed by atoms with Crippen molar-refractivity contribution in [3.05, 3.63) is 89.2 Å². The van der Waals surface area contributed by atoms with Gasteiger partial charge in [0.05, 0.1) is 10.6 Å². The van der Waals surface area contributed by atoms with Crippen LogP contribution in [0.2, 0.25) is 0 Å². The minimum absolute atomic E-state index is 0.0424. The van der Waals surface area contributed by atoms with Gasteiger partial charge in [-0.3, -0.25) is 9.52 Å². The van der Waals surface area contributed by atoms with Crippen LogP contribution in [-0.4, -0.2) is 38.4 Å². The van der Waals surface area contributed by atoms with Crippen molar-refractivity contribution in [2.45, 2.75) is 37.7 Å². The van der Waals surface area contributed by atoms with E-state index in [9.17, 15) is 17.6 Å². The first-order chi connectivity index (χ1) is 16.2. The van der Waals surface area contributed by atoms with Crippen molar-refractivity contribution in [3.63, 3.8) is 0 Å². The summed E-state index contributed by atoms with van der Waals surface area (Å²) in [6, 6.07) is 17.3. The summed E-state index contributed by atoms with van der Waals surface area (Å²) in [5, 5.41) is 0. The van der Waals surface area contributed by atoms with Gasteiger partial charge in [0.1, 0.15) is 17.7 Å². The molecule has 1 heterocycles. The van der Waals surface area contributed by atoms with Gasteiger partial charge < -0.3 is 9.64 Å². The summed E-state index contributed by atoms with van der Waals surface area (Å²) in [6.07, 6.45) is 1.48. The van der Waals surface area contributed by atoms with E-state index in [4.69, 9.17) is 4.74 Å². The number of nitrogens with zero attached hydrogens (tertiary/aromatic N) is 1. The van der Waals surface area contributed by atoms with Crippen LogP contribution in [0.4, 0.5) is 10.1 Å². The van der Waals surface area contributed by atoms with E-state index >= 15 is 0 Å². The Labute approximate surface area is 199 Å². The smallest absolute Gasteiger partial charge is 0.261 e. The molecule has 0 aliphatic carbocycles. The number of hydrogen-bond acceptors (Lipinski definition) is 4. The number of nitrogens with one attached hydrogen (secondary N) is 1. The zero-order chi connectivity index (χ0) is 24.3. The van der Waals surface area contributed by atoms with Crippen molar-refractivity contribution in [2.24, 2.45) is 0 Å². The second-order valence-corrected chi connectivity index (χ2v) is 10.1. The number of benzene rings is 3. The number of anilines is 1. The third-order valence-corrected chi connectivity index (χ3v) is 7.33. The predicted octanol–water partition coefficient (Wildman–Crippen LogP) is 4.93. The Morgan fingerprint density at radius 3 is 2.18 bits per heavy atom. The molecule has 3 aromatic rings. The molecule has 0 saturated carbocycles. The van der Waals surface area contributed by atoms with E-state index in [-0.39, 0.29) is 22.6 Å². The lowest BCUT2D eigenvalue weighted by Gasteiger charge is -2.33. The summed E-state index contributed by atoms with van der Waals surface area (Å²) in [5.74, 6) is 0.0902. The number of carbonyl (C=O) groups excluding carboxylic acids is 1. The number of piperidine rings is 1. The fourth-order valence-electron chi connectivity index (χ4n) is 4.04. The van der Waals surface area contributed by atoms with Crippen molar-refractivity contribution in [1.29, 1.82) is 0 Å². The maximum Gasteiger partial charge on any atom is 0.261 e. The number of likely N-dealkylation sites (tertiary alicyclic amines) is 1.